The Labute approximate surface area is 184 Å². The van der Waals surface area contributed by atoms with Crippen molar-refractivity contribution in [2.24, 2.45) is 7.05 Å². The number of thioether (sulfide) groups is 1. The summed E-state index contributed by atoms with van der Waals surface area (Å²) in [5, 5.41) is 12.6. The zero-order valence-electron chi connectivity index (χ0n) is 14.7. The van der Waals surface area contributed by atoms with Gasteiger partial charge in [-0.15, -0.1) is 10.2 Å². The Hall–Kier alpha value is -1.74. The molecule has 1 aromatic heterocycles. The fourth-order valence-corrected chi connectivity index (χ4v) is 3.85. The minimum atomic E-state index is -0.189. The summed E-state index contributed by atoms with van der Waals surface area (Å²) in [5.41, 5.74) is 0.558. The van der Waals surface area contributed by atoms with Crippen molar-refractivity contribution in [3.05, 3.63) is 62.8 Å². The molecule has 28 heavy (non-hydrogen) atoms. The third-order valence-electron chi connectivity index (χ3n) is 3.66. The number of nitrogens with one attached hydrogen (secondary N) is 1. The summed E-state index contributed by atoms with van der Waals surface area (Å²) >= 11 is 16.8. The van der Waals surface area contributed by atoms with Gasteiger partial charge >= 0.3 is 0 Å². The molecule has 0 fully saturated rings. The second-order valence-corrected chi connectivity index (χ2v) is 8.31. The fourth-order valence-electron chi connectivity index (χ4n) is 2.21. The van der Waals surface area contributed by atoms with E-state index in [1.165, 1.54) is 11.8 Å². The van der Waals surface area contributed by atoms with E-state index in [-0.39, 0.29) is 18.3 Å². The first-order chi connectivity index (χ1) is 13.4. The molecule has 0 saturated heterocycles. The van der Waals surface area contributed by atoms with Gasteiger partial charge in [-0.2, -0.15) is 0 Å². The van der Waals surface area contributed by atoms with Crippen LogP contribution in [-0.2, 0) is 18.4 Å². The molecule has 1 heterocycles. The Balaban J connectivity index is 1.55. The van der Waals surface area contributed by atoms with E-state index < -0.39 is 0 Å². The van der Waals surface area contributed by atoms with Gasteiger partial charge in [-0.1, -0.05) is 63.0 Å². The van der Waals surface area contributed by atoms with Crippen molar-refractivity contribution < 1.29 is 9.53 Å². The minimum Gasteiger partial charge on any atom is -0.484 e. The van der Waals surface area contributed by atoms with Crippen LogP contribution in [0.3, 0.4) is 0 Å². The highest BCUT2D eigenvalue weighted by Gasteiger charge is 2.13. The molecule has 10 heteroatoms. The predicted octanol–water partition coefficient (Wildman–Crippen LogP) is 5.19. The third-order valence-corrected chi connectivity index (χ3v) is 5.79. The van der Waals surface area contributed by atoms with E-state index in [4.69, 9.17) is 27.9 Å². The van der Waals surface area contributed by atoms with Gasteiger partial charge in [-0.05, 0) is 30.3 Å². The molecule has 1 N–H and O–H groups in total. The van der Waals surface area contributed by atoms with Crippen molar-refractivity contribution in [1.82, 2.24) is 14.8 Å². The molecule has 6 nitrogen and oxygen atoms in total. The number of anilines is 1. The summed E-state index contributed by atoms with van der Waals surface area (Å²) in [6.07, 6.45) is 0. The topological polar surface area (TPSA) is 69.0 Å². The molecule has 146 valence electrons. The first kappa shape index (κ1) is 21.0. The largest absolute Gasteiger partial charge is 0.484 e. The molecule has 0 aliphatic carbocycles. The van der Waals surface area contributed by atoms with Crippen molar-refractivity contribution in [1.29, 1.82) is 0 Å². The smallest absolute Gasteiger partial charge is 0.234 e. The van der Waals surface area contributed by atoms with Gasteiger partial charge in [0.25, 0.3) is 0 Å². The van der Waals surface area contributed by atoms with Gasteiger partial charge in [0.05, 0.1) is 21.5 Å². The average molecular weight is 502 g/mol. The van der Waals surface area contributed by atoms with E-state index in [0.29, 0.717) is 32.5 Å². The maximum absolute atomic E-state index is 12.2. The summed E-state index contributed by atoms with van der Waals surface area (Å²) in [5.74, 6) is 1.18. The molecular weight excluding hydrogens is 487 g/mol. The summed E-state index contributed by atoms with van der Waals surface area (Å²) in [6.45, 7) is 0.217. The van der Waals surface area contributed by atoms with Gasteiger partial charge in [0.1, 0.15) is 12.4 Å². The first-order valence-electron chi connectivity index (χ1n) is 8.07. The van der Waals surface area contributed by atoms with Crippen LogP contribution in [0, 0.1) is 0 Å². The van der Waals surface area contributed by atoms with Crippen LogP contribution >= 0.6 is 50.9 Å². The summed E-state index contributed by atoms with van der Waals surface area (Å²) < 4.78 is 8.30. The van der Waals surface area contributed by atoms with Crippen LogP contribution in [0.4, 0.5) is 5.69 Å². The Morgan fingerprint density at radius 1 is 1.21 bits per heavy atom. The van der Waals surface area contributed by atoms with Crippen LogP contribution in [0.1, 0.15) is 5.82 Å². The molecular formula is C18H15BrCl2N4O2S. The normalized spacial score (nSPS) is 10.7. The molecule has 3 rings (SSSR count). The van der Waals surface area contributed by atoms with Gasteiger partial charge in [0.2, 0.25) is 5.91 Å². The second-order valence-electron chi connectivity index (χ2n) is 5.64. The molecule has 0 aliphatic rings. The number of halogens is 3. The lowest BCUT2D eigenvalue weighted by molar-refractivity contribution is -0.113. The number of para-hydroxylation sites is 1. The van der Waals surface area contributed by atoms with Crippen molar-refractivity contribution in [2.75, 3.05) is 11.1 Å². The van der Waals surface area contributed by atoms with Gasteiger partial charge in [0, 0.05) is 11.5 Å². The SMILES string of the molecule is Cn1c(COc2ccccc2Cl)nnc1SCC(=O)Nc1ccc(Br)cc1Cl. The molecule has 3 aromatic rings. The number of ether oxygens (including phenoxy) is 1. The maximum Gasteiger partial charge on any atom is 0.234 e. The van der Waals surface area contributed by atoms with Crippen LogP contribution < -0.4 is 10.1 Å². The van der Waals surface area contributed by atoms with E-state index in [0.717, 1.165) is 4.47 Å². The molecule has 1 amide bonds. The monoisotopic (exact) mass is 500 g/mol. The zero-order valence-corrected chi connectivity index (χ0v) is 18.6. The van der Waals surface area contributed by atoms with Crippen molar-refractivity contribution in [2.45, 2.75) is 11.8 Å². The van der Waals surface area contributed by atoms with Gasteiger partial charge in [-0.25, -0.2) is 0 Å². The van der Waals surface area contributed by atoms with E-state index in [1.54, 1.807) is 28.8 Å². The molecule has 0 radical (unpaired) electrons. The molecule has 0 spiro atoms. The predicted molar refractivity (Wildman–Crippen MR) is 115 cm³/mol. The second kappa shape index (κ2) is 9.65. The lowest BCUT2D eigenvalue weighted by Gasteiger charge is -2.08. The number of benzene rings is 2. The lowest BCUT2D eigenvalue weighted by atomic mass is 10.3. The number of carbonyl (C=O) groups excluding carboxylic acids is 1. The Kier molecular flexibility index (Phi) is 7.23. The van der Waals surface area contributed by atoms with Crippen molar-refractivity contribution >= 4 is 62.5 Å². The van der Waals surface area contributed by atoms with Gasteiger partial charge in [0.15, 0.2) is 11.0 Å². The van der Waals surface area contributed by atoms with Crippen LogP contribution in [0.2, 0.25) is 10.0 Å². The number of hydrogen-bond donors (Lipinski definition) is 1. The highest BCUT2D eigenvalue weighted by Crippen LogP contribution is 2.27. The van der Waals surface area contributed by atoms with Crippen molar-refractivity contribution in [3.8, 4) is 5.75 Å². The molecule has 0 unspecified atom stereocenters. The molecule has 0 atom stereocenters. The van der Waals surface area contributed by atoms with E-state index in [9.17, 15) is 4.79 Å². The highest BCUT2D eigenvalue weighted by atomic mass is 79.9. The Morgan fingerprint density at radius 2 is 2.00 bits per heavy atom. The van der Waals surface area contributed by atoms with Crippen molar-refractivity contribution in [3.63, 3.8) is 0 Å². The zero-order chi connectivity index (χ0) is 20.1. The molecule has 0 saturated carbocycles. The van der Waals surface area contributed by atoms with Crippen LogP contribution in [-0.4, -0.2) is 26.4 Å². The maximum atomic E-state index is 12.2. The number of nitrogens with zero attached hydrogens (tertiary/aromatic N) is 3. The Morgan fingerprint density at radius 3 is 2.75 bits per heavy atom. The number of aromatic nitrogens is 3. The first-order valence-corrected chi connectivity index (χ1v) is 10.6. The number of hydrogen-bond acceptors (Lipinski definition) is 5. The third kappa shape index (κ3) is 5.41. The van der Waals surface area contributed by atoms with Crippen LogP contribution in [0.5, 0.6) is 5.75 Å². The van der Waals surface area contributed by atoms with Crippen LogP contribution in [0.15, 0.2) is 52.1 Å². The summed E-state index contributed by atoms with van der Waals surface area (Å²) in [6, 6.07) is 12.5. The highest BCUT2D eigenvalue weighted by molar-refractivity contribution is 9.10. The average Bonchev–Trinajstić information content (AvgIpc) is 3.01. The van der Waals surface area contributed by atoms with E-state index >= 15 is 0 Å². The number of amides is 1. The molecule has 0 bridgehead atoms. The summed E-state index contributed by atoms with van der Waals surface area (Å²) in [4.78, 5) is 12.2. The summed E-state index contributed by atoms with van der Waals surface area (Å²) in [7, 11) is 1.82. The fraction of sp³-hybridized carbons (Fsp3) is 0.167. The minimum absolute atomic E-state index is 0.170. The van der Waals surface area contributed by atoms with Crippen LogP contribution in [0.25, 0.3) is 0 Å². The number of carbonyl (C=O) groups is 1. The molecule has 2 aromatic carbocycles. The number of rotatable bonds is 7. The Bertz CT molecular complexity index is 999. The van der Waals surface area contributed by atoms with Gasteiger partial charge < -0.3 is 14.6 Å². The standard InChI is InChI=1S/C18H15BrCl2N4O2S/c1-25-16(9-27-15-5-3-2-4-12(15)20)23-24-18(25)28-10-17(26)22-14-7-6-11(19)8-13(14)21/h2-8H,9-10H2,1H3,(H,22,26). The molecule has 0 aliphatic heterocycles. The van der Waals surface area contributed by atoms with E-state index in [1.807, 2.05) is 25.2 Å². The lowest BCUT2D eigenvalue weighted by Crippen LogP contribution is -2.15. The van der Waals surface area contributed by atoms with Gasteiger partial charge in [-0.3, -0.25) is 4.79 Å². The van der Waals surface area contributed by atoms with E-state index in [2.05, 4.69) is 31.4 Å². The quantitative estimate of drug-likeness (QED) is 0.451.